The number of hydrogen-bond acceptors (Lipinski definition) is 4. The lowest BCUT2D eigenvalue weighted by Crippen LogP contribution is -2.54. The van der Waals surface area contributed by atoms with E-state index in [-0.39, 0.29) is 29.7 Å². The molecule has 1 aromatic heterocycles. The molecule has 0 unspecified atom stereocenters. The number of rotatable bonds is 5. The average molecular weight is 375 g/mol. The van der Waals surface area contributed by atoms with Gasteiger partial charge in [-0.1, -0.05) is 12.8 Å². The van der Waals surface area contributed by atoms with Crippen molar-refractivity contribution in [1.29, 1.82) is 0 Å². The highest BCUT2D eigenvalue weighted by atomic mass is 16.2. The summed E-state index contributed by atoms with van der Waals surface area (Å²) in [4.78, 5) is 38.7. The molecular weight excluding hydrogens is 346 g/mol. The number of amides is 3. The summed E-state index contributed by atoms with van der Waals surface area (Å²) >= 11 is 0. The highest BCUT2D eigenvalue weighted by Gasteiger charge is 2.35. The summed E-state index contributed by atoms with van der Waals surface area (Å²) in [5.74, 6) is -0.0210. The fraction of sp³-hybridized carbons (Fsp3) is 0.684. The molecule has 1 aromatic rings. The number of aromatic nitrogens is 2. The van der Waals surface area contributed by atoms with Gasteiger partial charge in [0, 0.05) is 39.3 Å². The van der Waals surface area contributed by atoms with Crippen molar-refractivity contribution in [2.24, 2.45) is 13.0 Å². The quantitative estimate of drug-likeness (QED) is 0.797. The standard InChI is InChI=1S/C19H29N5O3/c1-13(25)21-17(14-5-3-4-6-14)19(27)24-9-7-16(8-10-24)22-18(26)15-11-20-23(2)12-15/h11-12,14,16-17H,3-10H2,1-2H3,(H,21,25)(H,22,26)/t17-/m1/s1. The van der Waals surface area contributed by atoms with E-state index in [2.05, 4.69) is 15.7 Å². The lowest BCUT2D eigenvalue weighted by atomic mass is 9.95. The van der Waals surface area contributed by atoms with E-state index in [0.29, 0.717) is 18.7 Å². The maximum absolute atomic E-state index is 13.0. The van der Waals surface area contributed by atoms with Crippen molar-refractivity contribution >= 4 is 17.7 Å². The summed E-state index contributed by atoms with van der Waals surface area (Å²) in [5.41, 5.74) is 0.544. The molecule has 3 rings (SSSR count). The Kier molecular flexibility index (Phi) is 6.13. The zero-order valence-corrected chi connectivity index (χ0v) is 16.1. The van der Waals surface area contributed by atoms with Crippen molar-refractivity contribution < 1.29 is 14.4 Å². The predicted octanol–water partition coefficient (Wildman–Crippen LogP) is 0.836. The average Bonchev–Trinajstić information content (AvgIpc) is 3.31. The van der Waals surface area contributed by atoms with Gasteiger partial charge in [-0.05, 0) is 31.6 Å². The molecule has 0 aromatic carbocycles. The number of likely N-dealkylation sites (tertiary alicyclic amines) is 1. The Bertz CT molecular complexity index is 687. The molecule has 2 heterocycles. The first-order valence-electron chi connectivity index (χ1n) is 9.79. The van der Waals surface area contributed by atoms with Gasteiger partial charge < -0.3 is 15.5 Å². The lowest BCUT2D eigenvalue weighted by Gasteiger charge is -2.36. The first kappa shape index (κ1) is 19.4. The third kappa shape index (κ3) is 4.87. The number of carbonyl (C=O) groups excluding carboxylic acids is 3. The van der Waals surface area contributed by atoms with Crippen LogP contribution in [0.25, 0.3) is 0 Å². The fourth-order valence-corrected chi connectivity index (χ4v) is 4.14. The fourth-order valence-electron chi connectivity index (χ4n) is 4.14. The minimum Gasteiger partial charge on any atom is -0.349 e. The van der Waals surface area contributed by atoms with Crippen molar-refractivity contribution in [3.05, 3.63) is 18.0 Å². The van der Waals surface area contributed by atoms with Crippen LogP contribution in [0, 0.1) is 5.92 Å². The van der Waals surface area contributed by atoms with Gasteiger partial charge in [0.2, 0.25) is 11.8 Å². The molecule has 1 saturated heterocycles. The van der Waals surface area contributed by atoms with Gasteiger partial charge in [-0.3, -0.25) is 19.1 Å². The van der Waals surface area contributed by atoms with Crippen LogP contribution in [0.15, 0.2) is 12.4 Å². The van der Waals surface area contributed by atoms with Crippen LogP contribution in [-0.4, -0.2) is 57.6 Å². The summed E-state index contributed by atoms with van der Waals surface area (Å²) in [6, 6.07) is -0.362. The maximum Gasteiger partial charge on any atom is 0.254 e. The van der Waals surface area contributed by atoms with E-state index in [1.165, 1.54) is 6.92 Å². The summed E-state index contributed by atoms with van der Waals surface area (Å²) in [6.45, 7) is 2.66. The van der Waals surface area contributed by atoms with Crippen LogP contribution in [0.1, 0.15) is 55.8 Å². The highest BCUT2D eigenvalue weighted by Crippen LogP contribution is 2.29. The smallest absolute Gasteiger partial charge is 0.254 e. The third-order valence-electron chi connectivity index (χ3n) is 5.60. The molecular formula is C19H29N5O3. The maximum atomic E-state index is 13.0. The molecule has 0 bridgehead atoms. The largest absolute Gasteiger partial charge is 0.349 e. The molecule has 148 valence electrons. The van der Waals surface area contributed by atoms with E-state index in [4.69, 9.17) is 0 Å². The van der Waals surface area contributed by atoms with Gasteiger partial charge in [-0.2, -0.15) is 5.10 Å². The predicted molar refractivity (Wildman–Crippen MR) is 99.8 cm³/mol. The summed E-state index contributed by atoms with van der Waals surface area (Å²) in [6.07, 6.45) is 8.90. The number of aryl methyl sites for hydroxylation is 1. The van der Waals surface area contributed by atoms with Crippen LogP contribution < -0.4 is 10.6 Å². The molecule has 0 radical (unpaired) electrons. The van der Waals surface area contributed by atoms with Crippen molar-refractivity contribution in [1.82, 2.24) is 25.3 Å². The van der Waals surface area contributed by atoms with Crippen LogP contribution in [0.4, 0.5) is 0 Å². The van der Waals surface area contributed by atoms with Crippen molar-refractivity contribution in [3.63, 3.8) is 0 Å². The number of nitrogens with one attached hydrogen (secondary N) is 2. The minimum absolute atomic E-state index is 0.0223. The first-order chi connectivity index (χ1) is 12.9. The van der Waals surface area contributed by atoms with Crippen LogP contribution in [-0.2, 0) is 16.6 Å². The molecule has 8 heteroatoms. The molecule has 1 saturated carbocycles. The number of piperidine rings is 1. The second kappa shape index (κ2) is 8.54. The monoisotopic (exact) mass is 375 g/mol. The van der Waals surface area contributed by atoms with Gasteiger partial charge in [0.1, 0.15) is 6.04 Å². The van der Waals surface area contributed by atoms with Gasteiger partial charge in [0.05, 0.1) is 11.8 Å². The van der Waals surface area contributed by atoms with Gasteiger partial charge in [0.25, 0.3) is 5.91 Å². The van der Waals surface area contributed by atoms with Gasteiger partial charge in [-0.15, -0.1) is 0 Å². The molecule has 2 fully saturated rings. The van der Waals surface area contributed by atoms with E-state index in [0.717, 1.165) is 38.5 Å². The van der Waals surface area contributed by atoms with E-state index in [1.54, 1.807) is 24.1 Å². The van der Waals surface area contributed by atoms with Crippen LogP contribution >= 0.6 is 0 Å². The number of nitrogens with zero attached hydrogens (tertiary/aromatic N) is 3. The lowest BCUT2D eigenvalue weighted by molar-refractivity contribution is -0.138. The summed E-state index contributed by atoms with van der Waals surface area (Å²) in [5, 5.41) is 9.92. The molecule has 8 nitrogen and oxygen atoms in total. The SMILES string of the molecule is CC(=O)N[C@@H](C(=O)N1CCC(NC(=O)c2cnn(C)c2)CC1)C1CCCC1. The zero-order valence-electron chi connectivity index (χ0n) is 16.1. The topological polar surface area (TPSA) is 96.3 Å². The molecule has 0 spiro atoms. The second-order valence-corrected chi connectivity index (χ2v) is 7.70. The Labute approximate surface area is 159 Å². The molecule has 3 amide bonds. The highest BCUT2D eigenvalue weighted by molar-refractivity contribution is 5.94. The van der Waals surface area contributed by atoms with Gasteiger partial charge in [-0.25, -0.2) is 0 Å². The van der Waals surface area contributed by atoms with Gasteiger partial charge >= 0.3 is 0 Å². The van der Waals surface area contributed by atoms with Crippen molar-refractivity contribution in [2.75, 3.05) is 13.1 Å². The third-order valence-corrected chi connectivity index (χ3v) is 5.60. The van der Waals surface area contributed by atoms with Crippen molar-refractivity contribution in [3.8, 4) is 0 Å². The van der Waals surface area contributed by atoms with E-state index >= 15 is 0 Å². The molecule has 2 N–H and O–H groups in total. The van der Waals surface area contributed by atoms with E-state index in [1.807, 2.05) is 4.90 Å². The Balaban J connectivity index is 1.53. The Hall–Kier alpha value is -2.38. The summed E-state index contributed by atoms with van der Waals surface area (Å²) in [7, 11) is 1.77. The zero-order chi connectivity index (χ0) is 19.4. The minimum atomic E-state index is -0.411. The van der Waals surface area contributed by atoms with Crippen LogP contribution in [0.2, 0.25) is 0 Å². The Morgan fingerprint density at radius 2 is 1.81 bits per heavy atom. The summed E-state index contributed by atoms with van der Waals surface area (Å²) < 4.78 is 1.60. The van der Waals surface area contributed by atoms with Crippen molar-refractivity contribution in [2.45, 2.75) is 57.5 Å². The van der Waals surface area contributed by atoms with Crippen LogP contribution in [0.5, 0.6) is 0 Å². The Morgan fingerprint density at radius 1 is 1.15 bits per heavy atom. The molecule has 1 atom stereocenters. The molecule has 27 heavy (non-hydrogen) atoms. The molecule has 1 aliphatic carbocycles. The van der Waals surface area contributed by atoms with Crippen LogP contribution in [0.3, 0.4) is 0 Å². The molecule has 1 aliphatic heterocycles. The normalized spacial score (nSPS) is 19.7. The Morgan fingerprint density at radius 3 is 2.37 bits per heavy atom. The first-order valence-corrected chi connectivity index (χ1v) is 9.79. The number of hydrogen-bond donors (Lipinski definition) is 2. The molecule has 2 aliphatic rings. The van der Waals surface area contributed by atoms with E-state index in [9.17, 15) is 14.4 Å². The second-order valence-electron chi connectivity index (χ2n) is 7.70. The number of carbonyl (C=O) groups is 3. The van der Waals surface area contributed by atoms with E-state index < -0.39 is 6.04 Å². The van der Waals surface area contributed by atoms with Gasteiger partial charge in [0.15, 0.2) is 0 Å².